The third kappa shape index (κ3) is 1.74. The Kier molecular flexibility index (Phi) is 2.67. The van der Waals surface area contributed by atoms with Crippen LogP contribution in [0.2, 0.25) is 0 Å². The first-order chi connectivity index (χ1) is 8.59. The summed E-state index contributed by atoms with van der Waals surface area (Å²) >= 11 is 3.68. The molecule has 0 heterocycles. The van der Waals surface area contributed by atoms with Gasteiger partial charge in [0.15, 0.2) is 0 Å². The summed E-state index contributed by atoms with van der Waals surface area (Å²) < 4.78 is 1.26. The van der Waals surface area contributed by atoms with Crippen molar-refractivity contribution in [1.29, 1.82) is 0 Å². The second kappa shape index (κ2) is 4.10. The second-order valence-electron chi connectivity index (χ2n) is 5.29. The van der Waals surface area contributed by atoms with Crippen molar-refractivity contribution in [3.63, 3.8) is 0 Å². The SMILES string of the molecule is CC1(C)C(Br)=Cc2ccc(-c3ccccc3)cc21. The lowest BCUT2D eigenvalue weighted by Gasteiger charge is -2.21. The molecule has 0 nitrogen and oxygen atoms in total. The van der Waals surface area contributed by atoms with E-state index >= 15 is 0 Å². The van der Waals surface area contributed by atoms with Crippen LogP contribution in [0, 0.1) is 0 Å². The van der Waals surface area contributed by atoms with Gasteiger partial charge in [0.25, 0.3) is 0 Å². The van der Waals surface area contributed by atoms with E-state index in [2.05, 4.69) is 84.4 Å². The molecule has 0 N–H and O–H groups in total. The van der Waals surface area contributed by atoms with Gasteiger partial charge in [-0.1, -0.05) is 72.2 Å². The zero-order valence-corrected chi connectivity index (χ0v) is 12.2. The standard InChI is InChI=1S/C17H15Br/c1-17(2)15-10-13(12-6-4-3-5-7-12)8-9-14(15)11-16(17)18/h3-11H,1-2H3. The van der Waals surface area contributed by atoms with Crippen molar-refractivity contribution < 1.29 is 0 Å². The predicted octanol–water partition coefficient (Wildman–Crippen LogP) is 5.38. The van der Waals surface area contributed by atoms with Crippen molar-refractivity contribution in [2.24, 2.45) is 0 Å². The van der Waals surface area contributed by atoms with Crippen LogP contribution in [0.3, 0.4) is 0 Å². The fourth-order valence-corrected chi connectivity index (χ4v) is 2.94. The molecule has 0 bridgehead atoms. The van der Waals surface area contributed by atoms with Crippen molar-refractivity contribution in [1.82, 2.24) is 0 Å². The number of hydrogen-bond donors (Lipinski definition) is 0. The molecular weight excluding hydrogens is 284 g/mol. The average Bonchev–Trinajstić information content (AvgIpc) is 2.61. The molecule has 0 aromatic heterocycles. The average molecular weight is 299 g/mol. The van der Waals surface area contributed by atoms with E-state index in [1.165, 1.54) is 26.7 Å². The van der Waals surface area contributed by atoms with E-state index < -0.39 is 0 Å². The monoisotopic (exact) mass is 298 g/mol. The number of benzene rings is 2. The Hall–Kier alpha value is -1.34. The molecule has 18 heavy (non-hydrogen) atoms. The predicted molar refractivity (Wildman–Crippen MR) is 81.8 cm³/mol. The van der Waals surface area contributed by atoms with Gasteiger partial charge in [0.1, 0.15) is 0 Å². The molecule has 2 aromatic carbocycles. The van der Waals surface area contributed by atoms with E-state index in [9.17, 15) is 0 Å². The smallest absolute Gasteiger partial charge is 0.0218 e. The Balaban J connectivity index is 2.13. The third-order valence-corrected chi connectivity index (χ3v) is 4.93. The van der Waals surface area contributed by atoms with Crippen LogP contribution in [0.1, 0.15) is 25.0 Å². The van der Waals surface area contributed by atoms with Crippen LogP contribution in [0.25, 0.3) is 17.2 Å². The van der Waals surface area contributed by atoms with Crippen LogP contribution in [0.5, 0.6) is 0 Å². The van der Waals surface area contributed by atoms with Gasteiger partial charge in [-0.05, 0) is 34.4 Å². The number of allylic oxidation sites excluding steroid dienone is 1. The quantitative estimate of drug-likeness (QED) is 0.663. The first-order valence-corrected chi connectivity index (χ1v) is 6.96. The minimum absolute atomic E-state index is 0.0835. The molecule has 0 spiro atoms. The molecule has 0 fully saturated rings. The number of rotatable bonds is 1. The van der Waals surface area contributed by atoms with Gasteiger partial charge in [-0.2, -0.15) is 0 Å². The molecular formula is C17H15Br. The highest BCUT2D eigenvalue weighted by Gasteiger charge is 2.31. The van der Waals surface area contributed by atoms with Gasteiger partial charge in [0, 0.05) is 9.90 Å². The molecule has 0 saturated heterocycles. The van der Waals surface area contributed by atoms with Crippen molar-refractivity contribution in [3.05, 3.63) is 64.1 Å². The van der Waals surface area contributed by atoms with E-state index in [0.29, 0.717) is 0 Å². The number of fused-ring (bicyclic) bond motifs is 1. The molecule has 0 amide bonds. The zero-order valence-electron chi connectivity index (χ0n) is 10.6. The van der Waals surface area contributed by atoms with E-state index in [-0.39, 0.29) is 5.41 Å². The molecule has 0 unspecified atom stereocenters. The maximum atomic E-state index is 3.68. The summed E-state index contributed by atoms with van der Waals surface area (Å²) in [6, 6.07) is 17.3. The van der Waals surface area contributed by atoms with Crippen molar-refractivity contribution in [2.75, 3.05) is 0 Å². The molecule has 0 saturated carbocycles. The first kappa shape index (κ1) is 11.7. The van der Waals surface area contributed by atoms with Crippen LogP contribution >= 0.6 is 15.9 Å². The fraction of sp³-hybridized carbons (Fsp3) is 0.176. The molecule has 0 atom stereocenters. The Morgan fingerprint density at radius 3 is 2.33 bits per heavy atom. The lowest BCUT2D eigenvalue weighted by molar-refractivity contribution is 0.675. The molecule has 90 valence electrons. The zero-order chi connectivity index (χ0) is 12.8. The third-order valence-electron chi connectivity index (χ3n) is 3.71. The molecule has 1 aliphatic carbocycles. The summed E-state index contributed by atoms with van der Waals surface area (Å²) in [5.41, 5.74) is 5.37. The van der Waals surface area contributed by atoms with Gasteiger partial charge in [0.05, 0.1) is 0 Å². The normalized spacial score (nSPS) is 16.3. The highest BCUT2D eigenvalue weighted by Crippen LogP contribution is 2.45. The van der Waals surface area contributed by atoms with Crippen molar-refractivity contribution >= 4 is 22.0 Å². The van der Waals surface area contributed by atoms with E-state index in [1.54, 1.807) is 0 Å². The minimum Gasteiger partial charge on any atom is -0.0622 e. The van der Waals surface area contributed by atoms with Gasteiger partial charge in [-0.3, -0.25) is 0 Å². The maximum Gasteiger partial charge on any atom is 0.0218 e. The summed E-state index contributed by atoms with van der Waals surface area (Å²) in [7, 11) is 0. The summed E-state index contributed by atoms with van der Waals surface area (Å²) in [5.74, 6) is 0. The largest absolute Gasteiger partial charge is 0.0622 e. The van der Waals surface area contributed by atoms with Crippen LogP contribution < -0.4 is 0 Å². The second-order valence-corrected chi connectivity index (χ2v) is 6.14. The minimum atomic E-state index is 0.0835. The van der Waals surface area contributed by atoms with Crippen LogP contribution in [0.15, 0.2) is 53.0 Å². The molecule has 1 aliphatic rings. The molecule has 2 aromatic rings. The van der Waals surface area contributed by atoms with Crippen molar-refractivity contribution in [2.45, 2.75) is 19.3 Å². The Morgan fingerprint density at radius 1 is 0.889 bits per heavy atom. The number of halogens is 1. The summed E-state index contributed by atoms with van der Waals surface area (Å²) in [6.07, 6.45) is 2.23. The molecule has 0 radical (unpaired) electrons. The van der Waals surface area contributed by atoms with E-state index in [4.69, 9.17) is 0 Å². The first-order valence-electron chi connectivity index (χ1n) is 6.17. The molecule has 1 heteroatoms. The van der Waals surface area contributed by atoms with E-state index in [0.717, 1.165) is 0 Å². The Bertz CT molecular complexity index is 621. The lowest BCUT2D eigenvalue weighted by Crippen LogP contribution is -2.14. The highest BCUT2D eigenvalue weighted by molar-refractivity contribution is 9.11. The van der Waals surface area contributed by atoms with Gasteiger partial charge in [0.2, 0.25) is 0 Å². The van der Waals surface area contributed by atoms with Crippen LogP contribution in [-0.4, -0.2) is 0 Å². The summed E-state index contributed by atoms with van der Waals surface area (Å²) in [6.45, 7) is 4.52. The number of hydrogen-bond acceptors (Lipinski definition) is 0. The molecule has 0 aliphatic heterocycles. The Labute approximate surface area is 116 Å². The van der Waals surface area contributed by atoms with Crippen molar-refractivity contribution in [3.8, 4) is 11.1 Å². The van der Waals surface area contributed by atoms with Crippen LogP contribution in [0.4, 0.5) is 0 Å². The molecule has 3 rings (SSSR count). The van der Waals surface area contributed by atoms with Crippen LogP contribution in [-0.2, 0) is 5.41 Å². The van der Waals surface area contributed by atoms with Gasteiger partial charge in [-0.25, -0.2) is 0 Å². The van der Waals surface area contributed by atoms with Gasteiger partial charge in [-0.15, -0.1) is 0 Å². The Morgan fingerprint density at radius 2 is 1.61 bits per heavy atom. The lowest BCUT2D eigenvalue weighted by atomic mass is 9.85. The maximum absolute atomic E-state index is 3.68. The van der Waals surface area contributed by atoms with E-state index in [1.807, 2.05) is 0 Å². The fourth-order valence-electron chi connectivity index (χ4n) is 2.48. The topological polar surface area (TPSA) is 0 Å². The van der Waals surface area contributed by atoms with Gasteiger partial charge < -0.3 is 0 Å². The van der Waals surface area contributed by atoms with Gasteiger partial charge >= 0.3 is 0 Å². The summed E-state index contributed by atoms with van der Waals surface area (Å²) in [4.78, 5) is 0. The summed E-state index contributed by atoms with van der Waals surface area (Å²) in [5, 5.41) is 0. The highest BCUT2D eigenvalue weighted by atomic mass is 79.9.